The maximum Gasteiger partial charge on any atom is 0.281 e. The topological polar surface area (TPSA) is 64.3 Å². The molecule has 148 valence electrons. The lowest BCUT2D eigenvalue weighted by molar-refractivity contribution is -0.135. The van der Waals surface area contributed by atoms with Crippen LogP contribution in [0.4, 0.5) is 4.39 Å². The number of amides is 1. The molecule has 0 N–H and O–H groups in total. The molecule has 2 aromatic carbocycles. The van der Waals surface area contributed by atoms with Gasteiger partial charge in [0, 0.05) is 12.5 Å². The molecule has 0 bridgehead atoms. The monoisotopic (exact) mass is 394 g/mol. The van der Waals surface area contributed by atoms with Crippen molar-refractivity contribution in [3.05, 3.63) is 84.1 Å². The van der Waals surface area contributed by atoms with Gasteiger partial charge in [-0.2, -0.15) is 5.10 Å². The highest BCUT2D eigenvalue weighted by Gasteiger charge is 2.35. The van der Waals surface area contributed by atoms with Gasteiger partial charge in [-0.05, 0) is 54.1 Å². The van der Waals surface area contributed by atoms with Crippen molar-refractivity contribution in [2.45, 2.75) is 12.5 Å². The molecule has 2 heterocycles. The highest BCUT2D eigenvalue weighted by Crippen LogP contribution is 2.33. The summed E-state index contributed by atoms with van der Waals surface area (Å²) < 4.78 is 29.5. The average molecular weight is 394 g/mol. The van der Waals surface area contributed by atoms with Crippen molar-refractivity contribution in [3.8, 4) is 11.5 Å². The Kier molecular flexibility index (Phi) is 5.29. The largest absolute Gasteiger partial charge is 0.497 e. The molecule has 0 spiro atoms. The van der Waals surface area contributed by atoms with E-state index < -0.39 is 5.82 Å². The predicted octanol–water partition coefficient (Wildman–Crippen LogP) is 4.18. The molecule has 0 fully saturated rings. The Morgan fingerprint density at radius 2 is 2.00 bits per heavy atom. The van der Waals surface area contributed by atoms with Crippen LogP contribution in [-0.4, -0.2) is 30.3 Å². The molecule has 1 atom stereocenters. The van der Waals surface area contributed by atoms with Crippen molar-refractivity contribution in [2.24, 2.45) is 5.10 Å². The number of halogens is 1. The van der Waals surface area contributed by atoms with E-state index in [9.17, 15) is 9.18 Å². The fraction of sp³-hybridized carbons (Fsp3) is 0.182. The van der Waals surface area contributed by atoms with Crippen molar-refractivity contribution >= 4 is 11.6 Å². The molecule has 3 aromatic rings. The van der Waals surface area contributed by atoms with Gasteiger partial charge < -0.3 is 13.9 Å². The van der Waals surface area contributed by atoms with Crippen LogP contribution in [0.1, 0.15) is 23.8 Å². The van der Waals surface area contributed by atoms with Gasteiger partial charge in [-0.25, -0.2) is 9.40 Å². The van der Waals surface area contributed by atoms with Crippen molar-refractivity contribution in [1.29, 1.82) is 0 Å². The minimum Gasteiger partial charge on any atom is -0.497 e. The van der Waals surface area contributed by atoms with Gasteiger partial charge in [0.15, 0.2) is 6.61 Å². The second-order valence-corrected chi connectivity index (χ2v) is 6.49. The second kappa shape index (κ2) is 8.18. The summed E-state index contributed by atoms with van der Waals surface area (Å²) in [5.41, 5.74) is 1.65. The Bertz CT molecular complexity index is 1020. The number of methoxy groups -OCH3 is 1. The van der Waals surface area contributed by atoms with Crippen LogP contribution in [0.5, 0.6) is 11.5 Å². The highest BCUT2D eigenvalue weighted by atomic mass is 19.1. The molecule has 0 aliphatic carbocycles. The number of carbonyl (C=O) groups is 1. The van der Waals surface area contributed by atoms with Gasteiger partial charge in [0.2, 0.25) is 0 Å². The van der Waals surface area contributed by atoms with Gasteiger partial charge in [0.05, 0.1) is 19.1 Å². The van der Waals surface area contributed by atoms with Gasteiger partial charge in [0.25, 0.3) is 5.91 Å². The third-order valence-electron chi connectivity index (χ3n) is 4.62. The van der Waals surface area contributed by atoms with Crippen molar-refractivity contribution in [2.75, 3.05) is 13.7 Å². The molecular weight excluding hydrogens is 375 g/mol. The lowest BCUT2D eigenvalue weighted by Gasteiger charge is -2.20. The van der Waals surface area contributed by atoms with Crippen LogP contribution in [0.25, 0.3) is 0 Å². The van der Waals surface area contributed by atoms with Crippen LogP contribution >= 0.6 is 0 Å². The first-order valence-corrected chi connectivity index (χ1v) is 9.10. The van der Waals surface area contributed by atoms with Crippen molar-refractivity contribution < 1.29 is 23.1 Å². The summed E-state index contributed by atoms with van der Waals surface area (Å²) in [6.07, 6.45) is 2.07. The number of nitrogens with zero attached hydrogens (tertiary/aromatic N) is 2. The first-order chi connectivity index (χ1) is 14.1. The normalized spacial score (nSPS) is 15.9. The van der Waals surface area contributed by atoms with E-state index >= 15 is 0 Å². The summed E-state index contributed by atoms with van der Waals surface area (Å²) in [4.78, 5) is 12.8. The maximum atomic E-state index is 13.3. The van der Waals surface area contributed by atoms with Crippen LogP contribution < -0.4 is 9.47 Å². The molecule has 29 heavy (non-hydrogen) atoms. The third-order valence-corrected chi connectivity index (χ3v) is 4.62. The van der Waals surface area contributed by atoms with Gasteiger partial charge in [-0.1, -0.05) is 6.07 Å². The van der Waals surface area contributed by atoms with Crippen LogP contribution in [0.3, 0.4) is 0 Å². The molecule has 7 heteroatoms. The van der Waals surface area contributed by atoms with Gasteiger partial charge in [-0.3, -0.25) is 4.79 Å². The van der Waals surface area contributed by atoms with Gasteiger partial charge >= 0.3 is 0 Å². The zero-order valence-corrected chi connectivity index (χ0v) is 15.7. The van der Waals surface area contributed by atoms with E-state index in [-0.39, 0.29) is 24.3 Å². The molecule has 1 aliphatic rings. The summed E-state index contributed by atoms with van der Waals surface area (Å²) in [7, 11) is 1.61. The van der Waals surface area contributed by atoms with E-state index in [1.54, 1.807) is 25.5 Å². The molecule has 1 aromatic heterocycles. The number of ether oxygens (including phenoxy) is 2. The van der Waals surface area contributed by atoms with E-state index in [1.807, 2.05) is 30.3 Å². The summed E-state index contributed by atoms with van der Waals surface area (Å²) in [6, 6.07) is 16.4. The minimum atomic E-state index is -0.426. The van der Waals surface area contributed by atoms with E-state index in [4.69, 9.17) is 13.9 Å². The maximum absolute atomic E-state index is 13.3. The second-order valence-electron chi connectivity index (χ2n) is 6.49. The molecule has 0 radical (unpaired) electrons. The zero-order valence-electron chi connectivity index (χ0n) is 15.7. The van der Waals surface area contributed by atoms with Crippen molar-refractivity contribution in [1.82, 2.24) is 5.01 Å². The first kappa shape index (κ1) is 18.7. The van der Waals surface area contributed by atoms with Gasteiger partial charge in [0.1, 0.15) is 29.1 Å². The Hall–Kier alpha value is -3.61. The quantitative estimate of drug-likeness (QED) is 0.629. The standard InChI is InChI=1S/C22H19FN2O4/c1-27-17-9-7-15(8-10-17)19-13-20(21-6-3-11-28-21)25(24-19)22(26)14-29-18-5-2-4-16(23)12-18/h2-12,20H,13-14H2,1H3. The number of hydrazone groups is 1. The fourth-order valence-corrected chi connectivity index (χ4v) is 3.17. The van der Waals surface area contributed by atoms with E-state index in [0.29, 0.717) is 12.2 Å². The summed E-state index contributed by atoms with van der Waals surface area (Å²) in [5, 5.41) is 5.90. The number of benzene rings is 2. The zero-order chi connectivity index (χ0) is 20.2. The lowest BCUT2D eigenvalue weighted by Crippen LogP contribution is -2.31. The smallest absolute Gasteiger partial charge is 0.281 e. The van der Waals surface area contributed by atoms with E-state index in [0.717, 1.165) is 17.0 Å². The molecular formula is C22H19FN2O4. The molecule has 4 rings (SSSR count). The molecule has 0 saturated heterocycles. The summed E-state index contributed by atoms with van der Waals surface area (Å²) >= 11 is 0. The van der Waals surface area contributed by atoms with Crippen LogP contribution in [0, 0.1) is 5.82 Å². The third kappa shape index (κ3) is 4.13. The number of hydrogen-bond donors (Lipinski definition) is 0. The van der Waals surface area contributed by atoms with E-state index in [1.165, 1.54) is 23.2 Å². The average Bonchev–Trinajstić information content (AvgIpc) is 3.42. The first-order valence-electron chi connectivity index (χ1n) is 9.10. The Morgan fingerprint density at radius 1 is 1.17 bits per heavy atom. The molecule has 1 aliphatic heterocycles. The van der Waals surface area contributed by atoms with Crippen LogP contribution in [0.15, 0.2) is 76.4 Å². The lowest BCUT2D eigenvalue weighted by atomic mass is 10.0. The number of rotatable bonds is 6. The van der Waals surface area contributed by atoms with Gasteiger partial charge in [-0.15, -0.1) is 0 Å². The molecule has 0 saturated carbocycles. The van der Waals surface area contributed by atoms with Crippen LogP contribution in [0.2, 0.25) is 0 Å². The fourth-order valence-electron chi connectivity index (χ4n) is 3.17. The highest BCUT2D eigenvalue weighted by molar-refractivity contribution is 6.03. The Labute approximate surface area is 167 Å². The number of hydrogen-bond acceptors (Lipinski definition) is 5. The Morgan fingerprint density at radius 3 is 2.69 bits per heavy atom. The Balaban J connectivity index is 1.54. The SMILES string of the molecule is COc1ccc(C2=NN(C(=O)COc3cccc(F)c3)C(c3ccco3)C2)cc1. The minimum absolute atomic E-state index is 0.264. The number of carbonyl (C=O) groups excluding carboxylic acids is 1. The van der Waals surface area contributed by atoms with E-state index in [2.05, 4.69) is 5.10 Å². The summed E-state index contributed by atoms with van der Waals surface area (Å²) in [5.74, 6) is 0.887. The van der Waals surface area contributed by atoms with Crippen molar-refractivity contribution in [3.63, 3.8) is 0 Å². The summed E-state index contributed by atoms with van der Waals surface area (Å²) in [6.45, 7) is -0.264. The van der Waals surface area contributed by atoms with Crippen LogP contribution in [-0.2, 0) is 4.79 Å². The predicted molar refractivity (Wildman–Crippen MR) is 104 cm³/mol. The molecule has 6 nitrogen and oxygen atoms in total. The number of furan rings is 1. The molecule has 1 amide bonds. The molecule has 1 unspecified atom stereocenters.